The Hall–Kier alpha value is 1.15. The summed E-state index contributed by atoms with van der Waals surface area (Å²) in [5, 5.41) is 0.220. The van der Waals surface area contributed by atoms with Crippen molar-refractivity contribution < 1.29 is 4.79 Å². The van der Waals surface area contributed by atoms with Crippen LogP contribution in [0.15, 0.2) is 10.6 Å². The van der Waals surface area contributed by atoms with Gasteiger partial charge in [0.05, 0.1) is 0 Å². The maximum absolute atomic E-state index is 12.0. The maximum Gasteiger partial charge on any atom is 0.209 e. The molecule has 0 heterocycles. The fraction of sp³-hybridized carbons (Fsp3) is 0.667. The van der Waals surface area contributed by atoms with Gasteiger partial charge >= 0.3 is 0 Å². The molecule has 0 aromatic carbocycles. The maximum atomic E-state index is 12.0. The van der Waals surface area contributed by atoms with E-state index in [0.717, 1.165) is 0 Å². The van der Waals surface area contributed by atoms with Crippen LogP contribution in [0.3, 0.4) is 0 Å². The van der Waals surface area contributed by atoms with Gasteiger partial charge in [-0.05, 0) is 0 Å². The summed E-state index contributed by atoms with van der Waals surface area (Å²) >= 11 is 35.6. The third kappa shape index (κ3) is 1.88. The van der Waals surface area contributed by atoms with E-state index in [0.29, 0.717) is 0 Å². The summed E-state index contributed by atoms with van der Waals surface area (Å²) in [6.07, 6.45) is 0. The third-order valence-electron chi connectivity index (χ3n) is 2.68. The van der Waals surface area contributed by atoms with Crippen LogP contribution < -0.4 is 0 Å². The van der Waals surface area contributed by atoms with Crippen LogP contribution in [-0.4, -0.2) is 20.3 Å². The summed E-state index contributed by atoms with van der Waals surface area (Å²) in [6.45, 7) is 3.26. The Morgan fingerprint density at radius 3 is 1.94 bits per heavy atom. The molecule has 0 spiro atoms. The summed E-state index contributed by atoms with van der Waals surface area (Å²) in [5.74, 6) is -0.790. The van der Waals surface area contributed by atoms with Gasteiger partial charge < -0.3 is 0 Å². The number of hydrogen-bond acceptors (Lipinski definition) is 1. The first-order chi connectivity index (χ1) is 7.01. The van der Waals surface area contributed by atoms with Crippen molar-refractivity contribution in [1.82, 2.24) is 0 Å². The normalized spacial score (nSPS) is 27.1. The number of rotatable bonds is 1. The second-order valence-corrected chi connectivity index (χ2v) is 7.33. The third-order valence-corrected chi connectivity index (χ3v) is 5.74. The molecule has 16 heavy (non-hydrogen) atoms. The van der Waals surface area contributed by atoms with Gasteiger partial charge in [0, 0.05) is 21.9 Å². The van der Waals surface area contributed by atoms with E-state index < -0.39 is 19.9 Å². The quantitative estimate of drug-likeness (QED) is 0.631. The topological polar surface area (TPSA) is 17.1 Å². The molecule has 0 aliphatic heterocycles. The number of allylic oxidation sites excluding steroid dienone is 2. The predicted octanol–water partition coefficient (Wildman–Crippen LogP) is 4.67. The minimum atomic E-state index is -1.88. The van der Waals surface area contributed by atoms with E-state index in [1.54, 1.807) is 13.8 Å². The molecule has 0 amide bonds. The van der Waals surface area contributed by atoms with E-state index in [9.17, 15) is 4.79 Å². The zero-order chi connectivity index (χ0) is 12.9. The summed E-state index contributed by atoms with van der Waals surface area (Å²) < 4.78 is -3.67. The van der Waals surface area contributed by atoms with E-state index in [2.05, 4.69) is 0 Å². The molecule has 1 nitrogen and oxygen atoms in total. The number of ketones is 1. The van der Waals surface area contributed by atoms with Crippen molar-refractivity contribution in [2.75, 3.05) is 5.88 Å². The Bertz CT molecular complexity index is 368. The van der Waals surface area contributed by atoms with Crippen LogP contribution in [0.4, 0.5) is 0 Å². The Labute approximate surface area is 124 Å². The van der Waals surface area contributed by atoms with Gasteiger partial charge in [-0.15, -0.1) is 11.6 Å². The summed E-state index contributed by atoms with van der Waals surface area (Å²) in [6, 6.07) is 0. The first-order valence-corrected chi connectivity index (χ1v) is 6.69. The molecule has 0 aromatic rings. The largest absolute Gasteiger partial charge is 0.292 e. The average molecular weight is 345 g/mol. The smallest absolute Gasteiger partial charge is 0.209 e. The Balaban J connectivity index is 3.58. The van der Waals surface area contributed by atoms with E-state index in [1.165, 1.54) is 0 Å². The number of Topliss-reactive ketones (excluding diaryl/α,β-unsaturated/α-hetero) is 1. The SMILES string of the molecule is CC1(C)C(Cl)=C(CCl)C(Cl)(Cl)C(=O)C1(Cl)Cl. The van der Waals surface area contributed by atoms with Gasteiger partial charge in [-0.2, -0.15) is 0 Å². The van der Waals surface area contributed by atoms with E-state index in [1.807, 2.05) is 0 Å². The standard InChI is InChI=1S/C9H8Cl6O/c1-7(2)5(11)4(3-10)8(12,13)6(16)9(7,14)15/h3H2,1-2H3. The average Bonchev–Trinajstić information content (AvgIpc) is 2.15. The molecule has 1 aliphatic carbocycles. The zero-order valence-corrected chi connectivity index (χ0v) is 12.9. The number of hydrogen-bond donors (Lipinski definition) is 0. The van der Waals surface area contributed by atoms with Crippen molar-refractivity contribution in [1.29, 1.82) is 0 Å². The summed E-state index contributed by atoms with van der Waals surface area (Å²) in [7, 11) is 0. The highest BCUT2D eigenvalue weighted by Gasteiger charge is 2.62. The molecule has 92 valence electrons. The van der Waals surface area contributed by atoms with Crippen LogP contribution in [0.1, 0.15) is 13.8 Å². The van der Waals surface area contributed by atoms with Crippen LogP contribution in [0.25, 0.3) is 0 Å². The molecule has 0 unspecified atom stereocenters. The number of alkyl halides is 5. The first-order valence-electron chi connectivity index (χ1n) is 4.27. The molecular weight excluding hydrogens is 337 g/mol. The second-order valence-electron chi connectivity index (χ2n) is 4.03. The number of halogens is 6. The number of carbonyl (C=O) groups is 1. The summed E-state index contributed by atoms with van der Waals surface area (Å²) in [4.78, 5) is 12.0. The van der Waals surface area contributed by atoms with Gasteiger partial charge in [0.15, 0.2) is 4.33 Å². The van der Waals surface area contributed by atoms with Gasteiger partial charge in [-0.25, -0.2) is 0 Å². The predicted molar refractivity (Wildman–Crippen MR) is 71.3 cm³/mol. The van der Waals surface area contributed by atoms with Crippen LogP contribution in [-0.2, 0) is 4.79 Å². The molecule has 0 atom stereocenters. The molecule has 0 radical (unpaired) electrons. The van der Waals surface area contributed by atoms with E-state index in [4.69, 9.17) is 69.6 Å². The molecule has 0 N–H and O–H groups in total. The van der Waals surface area contributed by atoms with Gasteiger partial charge in [0.1, 0.15) is 0 Å². The van der Waals surface area contributed by atoms with Gasteiger partial charge in [0.2, 0.25) is 10.1 Å². The Kier molecular flexibility index (Phi) is 4.15. The highest BCUT2D eigenvalue weighted by Crippen LogP contribution is 2.58. The van der Waals surface area contributed by atoms with E-state index in [-0.39, 0.29) is 16.5 Å². The minimum Gasteiger partial charge on any atom is -0.292 e. The van der Waals surface area contributed by atoms with Crippen molar-refractivity contribution >= 4 is 75.4 Å². The van der Waals surface area contributed by atoms with E-state index >= 15 is 0 Å². The van der Waals surface area contributed by atoms with Crippen LogP contribution in [0.5, 0.6) is 0 Å². The lowest BCUT2D eigenvalue weighted by Crippen LogP contribution is -2.54. The van der Waals surface area contributed by atoms with Crippen LogP contribution in [0.2, 0.25) is 0 Å². The minimum absolute atomic E-state index is 0.0646. The van der Waals surface area contributed by atoms with Crippen LogP contribution >= 0.6 is 69.6 Å². The van der Waals surface area contributed by atoms with Gasteiger partial charge in [-0.1, -0.05) is 71.9 Å². The lowest BCUT2D eigenvalue weighted by Gasteiger charge is -2.44. The molecular formula is C9H8Cl6O. The molecule has 1 aliphatic rings. The van der Waals surface area contributed by atoms with Gasteiger partial charge in [-0.3, -0.25) is 4.79 Å². The van der Waals surface area contributed by atoms with Crippen LogP contribution in [0, 0.1) is 5.41 Å². The number of carbonyl (C=O) groups excluding carboxylic acids is 1. The monoisotopic (exact) mass is 342 g/mol. The lowest BCUT2D eigenvalue weighted by atomic mass is 9.77. The van der Waals surface area contributed by atoms with Crippen molar-refractivity contribution in [3.63, 3.8) is 0 Å². The van der Waals surface area contributed by atoms with Crippen molar-refractivity contribution in [3.8, 4) is 0 Å². The Morgan fingerprint density at radius 1 is 1.12 bits per heavy atom. The highest BCUT2D eigenvalue weighted by molar-refractivity contribution is 6.71. The van der Waals surface area contributed by atoms with Crippen molar-refractivity contribution in [2.45, 2.75) is 22.5 Å². The molecule has 7 heteroatoms. The second kappa shape index (κ2) is 4.36. The molecule has 0 saturated carbocycles. The fourth-order valence-corrected chi connectivity index (χ4v) is 3.77. The lowest BCUT2D eigenvalue weighted by molar-refractivity contribution is -0.121. The van der Waals surface area contributed by atoms with Crippen molar-refractivity contribution in [3.05, 3.63) is 10.6 Å². The molecule has 0 saturated heterocycles. The molecule has 1 rings (SSSR count). The molecule has 0 fully saturated rings. The summed E-state index contributed by atoms with van der Waals surface area (Å²) in [5.41, 5.74) is -0.766. The zero-order valence-electron chi connectivity index (χ0n) is 8.38. The molecule has 0 aromatic heterocycles. The fourth-order valence-electron chi connectivity index (χ4n) is 1.41. The van der Waals surface area contributed by atoms with Gasteiger partial charge in [0.25, 0.3) is 0 Å². The first kappa shape index (κ1) is 15.2. The van der Waals surface area contributed by atoms with Crippen molar-refractivity contribution in [2.24, 2.45) is 5.41 Å². The molecule has 0 bridgehead atoms. The Morgan fingerprint density at radius 2 is 1.56 bits per heavy atom. The highest BCUT2D eigenvalue weighted by atomic mass is 35.5.